The Bertz CT molecular complexity index is 1350. The summed E-state index contributed by atoms with van der Waals surface area (Å²) in [6.45, 7) is 1.54. The van der Waals surface area contributed by atoms with E-state index in [2.05, 4.69) is 37.1 Å². The normalized spacial score (nSPS) is 18.3. The first-order valence-electron chi connectivity index (χ1n) is 10.9. The molecule has 1 saturated heterocycles. The average molecular weight is 400 g/mol. The molecule has 2 aromatic heterocycles. The van der Waals surface area contributed by atoms with Crippen LogP contribution in [0.1, 0.15) is 44.6 Å². The number of rotatable bonds is 2. The van der Waals surface area contributed by atoms with E-state index >= 15 is 0 Å². The van der Waals surface area contributed by atoms with Crippen molar-refractivity contribution in [1.29, 1.82) is 0 Å². The van der Waals surface area contributed by atoms with Crippen molar-refractivity contribution in [3.8, 4) is 0 Å². The van der Waals surface area contributed by atoms with Gasteiger partial charge in [0, 0.05) is 37.7 Å². The molecule has 30 heavy (non-hydrogen) atoms. The maximum atomic E-state index is 12.8. The maximum Gasteiger partial charge on any atom is 0.282 e. The highest BCUT2D eigenvalue weighted by Crippen LogP contribution is 2.37. The third kappa shape index (κ3) is 2.59. The lowest BCUT2D eigenvalue weighted by molar-refractivity contribution is -0.119. The van der Waals surface area contributed by atoms with Crippen LogP contribution in [0.4, 0.5) is 5.69 Å². The number of benzene rings is 2. The van der Waals surface area contributed by atoms with Crippen molar-refractivity contribution in [1.82, 2.24) is 14.0 Å². The summed E-state index contributed by atoms with van der Waals surface area (Å²) in [5.74, 6) is 1.09. The van der Waals surface area contributed by atoms with E-state index in [-0.39, 0.29) is 5.56 Å². The van der Waals surface area contributed by atoms with Gasteiger partial charge in [-0.2, -0.15) is 4.98 Å². The van der Waals surface area contributed by atoms with E-state index in [1.54, 1.807) is 0 Å². The largest absolute Gasteiger partial charge is 0.371 e. The number of fused-ring (bicyclic) bond motifs is 5. The lowest BCUT2D eigenvalue weighted by Crippen LogP contribution is -2.33. The fourth-order valence-electron chi connectivity index (χ4n) is 5.29. The molecular formula is C24H24N4O2. The Morgan fingerprint density at radius 2 is 1.63 bits per heavy atom. The number of carbonyl (C=O) groups excluding carboxylic acids is 1. The fourth-order valence-corrected chi connectivity index (χ4v) is 5.29. The number of piperidine rings is 1. The number of hydrogen-bond donors (Lipinski definition) is 0. The standard InChI is InChI=1S/C24H24N4O2/c29-18-11-13-26(14-12-18)17-9-10-21-22(15-17)27(16-5-1-2-6-16)24-25-23(30)19-7-3-4-8-20(19)28(21)24/h3-4,7-10,15-16H,1-2,5-6,11-14H2. The van der Waals surface area contributed by atoms with E-state index in [1.807, 2.05) is 24.3 Å². The summed E-state index contributed by atoms with van der Waals surface area (Å²) in [5, 5.41) is 0.652. The molecule has 3 heterocycles. The van der Waals surface area contributed by atoms with Gasteiger partial charge in [-0.05, 0) is 43.2 Å². The van der Waals surface area contributed by atoms with Gasteiger partial charge in [-0.1, -0.05) is 25.0 Å². The van der Waals surface area contributed by atoms with Crippen LogP contribution in [0.3, 0.4) is 0 Å². The summed E-state index contributed by atoms with van der Waals surface area (Å²) >= 11 is 0. The Hall–Kier alpha value is -3.15. The van der Waals surface area contributed by atoms with E-state index < -0.39 is 0 Å². The third-order valence-electron chi connectivity index (χ3n) is 6.83. The SMILES string of the molecule is O=C1CCN(c2ccc3c(c2)n(C2CCCC2)c2nc(=O)c4ccccc4n32)CC1. The second-order valence-electron chi connectivity index (χ2n) is 8.58. The predicted molar refractivity (Wildman–Crippen MR) is 118 cm³/mol. The highest BCUT2D eigenvalue weighted by atomic mass is 16.1. The molecule has 1 saturated carbocycles. The first kappa shape index (κ1) is 17.7. The maximum absolute atomic E-state index is 12.8. The quantitative estimate of drug-likeness (QED) is 0.509. The molecule has 0 N–H and O–H groups in total. The first-order chi connectivity index (χ1) is 14.7. The van der Waals surface area contributed by atoms with Gasteiger partial charge in [-0.15, -0.1) is 0 Å². The number of hydrogen-bond acceptors (Lipinski definition) is 4. The van der Waals surface area contributed by atoms with Crippen molar-refractivity contribution < 1.29 is 4.79 Å². The molecule has 2 aliphatic rings. The molecule has 152 valence electrons. The number of carbonyl (C=O) groups is 1. The molecule has 4 aromatic rings. The molecule has 2 fully saturated rings. The van der Waals surface area contributed by atoms with E-state index in [9.17, 15) is 9.59 Å². The van der Waals surface area contributed by atoms with Crippen LogP contribution < -0.4 is 10.5 Å². The second kappa shape index (κ2) is 6.69. The minimum atomic E-state index is -0.164. The summed E-state index contributed by atoms with van der Waals surface area (Å²) in [5.41, 5.74) is 4.09. The van der Waals surface area contributed by atoms with Crippen LogP contribution in [0.5, 0.6) is 0 Å². The van der Waals surface area contributed by atoms with Gasteiger partial charge >= 0.3 is 0 Å². The smallest absolute Gasteiger partial charge is 0.282 e. The zero-order chi connectivity index (χ0) is 20.2. The van der Waals surface area contributed by atoms with E-state index in [0.29, 0.717) is 30.1 Å². The van der Waals surface area contributed by atoms with Crippen LogP contribution >= 0.6 is 0 Å². The summed E-state index contributed by atoms with van der Waals surface area (Å²) in [6, 6.07) is 14.6. The summed E-state index contributed by atoms with van der Waals surface area (Å²) in [4.78, 5) is 31.3. The summed E-state index contributed by atoms with van der Waals surface area (Å²) in [6.07, 6.45) is 5.88. The monoisotopic (exact) mass is 400 g/mol. The molecule has 0 unspecified atom stereocenters. The first-order valence-corrected chi connectivity index (χ1v) is 10.9. The highest BCUT2D eigenvalue weighted by Gasteiger charge is 2.25. The molecule has 0 bridgehead atoms. The molecular weight excluding hydrogens is 376 g/mol. The predicted octanol–water partition coefficient (Wildman–Crippen LogP) is 4.09. The topological polar surface area (TPSA) is 59.6 Å². The van der Waals surface area contributed by atoms with Gasteiger partial charge in [0.05, 0.1) is 21.9 Å². The summed E-state index contributed by atoms with van der Waals surface area (Å²) < 4.78 is 4.45. The lowest BCUT2D eigenvalue weighted by Gasteiger charge is -2.28. The van der Waals surface area contributed by atoms with Crippen molar-refractivity contribution >= 4 is 39.2 Å². The van der Waals surface area contributed by atoms with Gasteiger partial charge in [0.25, 0.3) is 5.56 Å². The number of ketones is 1. The fraction of sp³-hybridized carbons (Fsp3) is 0.375. The van der Waals surface area contributed by atoms with Gasteiger partial charge in [0.15, 0.2) is 0 Å². The van der Waals surface area contributed by atoms with Gasteiger partial charge < -0.3 is 9.47 Å². The van der Waals surface area contributed by atoms with Crippen LogP contribution in [-0.2, 0) is 4.79 Å². The van der Waals surface area contributed by atoms with Crippen LogP contribution in [0.2, 0.25) is 0 Å². The minimum absolute atomic E-state index is 0.164. The second-order valence-corrected chi connectivity index (χ2v) is 8.58. The number of anilines is 1. The zero-order valence-electron chi connectivity index (χ0n) is 16.9. The molecule has 0 spiro atoms. The molecule has 6 heteroatoms. The summed E-state index contributed by atoms with van der Waals surface area (Å²) in [7, 11) is 0. The van der Waals surface area contributed by atoms with Gasteiger partial charge in [0.1, 0.15) is 5.78 Å². The van der Waals surface area contributed by atoms with Gasteiger partial charge in [-0.25, -0.2) is 0 Å². The van der Waals surface area contributed by atoms with Crippen molar-refractivity contribution in [3.63, 3.8) is 0 Å². The van der Waals surface area contributed by atoms with Crippen molar-refractivity contribution in [3.05, 3.63) is 52.8 Å². The van der Waals surface area contributed by atoms with Crippen molar-refractivity contribution in [2.75, 3.05) is 18.0 Å². The third-order valence-corrected chi connectivity index (χ3v) is 6.83. The highest BCUT2D eigenvalue weighted by molar-refractivity contribution is 5.91. The van der Waals surface area contributed by atoms with Crippen LogP contribution in [-0.4, -0.2) is 32.8 Å². The number of imidazole rings is 1. The Labute approximate surface area is 173 Å². The number of para-hydroxylation sites is 1. The Morgan fingerprint density at radius 1 is 0.867 bits per heavy atom. The van der Waals surface area contributed by atoms with E-state index in [0.717, 1.165) is 53.9 Å². The molecule has 0 atom stereocenters. The van der Waals surface area contributed by atoms with Crippen molar-refractivity contribution in [2.24, 2.45) is 0 Å². The molecule has 6 nitrogen and oxygen atoms in total. The van der Waals surface area contributed by atoms with Crippen molar-refractivity contribution in [2.45, 2.75) is 44.6 Å². The number of nitrogens with zero attached hydrogens (tertiary/aromatic N) is 4. The van der Waals surface area contributed by atoms with E-state index in [1.165, 1.54) is 12.8 Å². The molecule has 6 rings (SSSR count). The van der Waals surface area contributed by atoms with Crippen LogP contribution in [0, 0.1) is 0 Å². The average Bonchev–Trinajstić information content (AvgIpc) is 3.39. The molecule has 2 aromatic carbocycles. The number of aromatic nitrogens is 3. The van der Waals surface area contributed by atoms with E-state index in [4.69, 9.17) is 0 Å². The molecule has 0 amide bonds. The minimum Gasteiger partial charge on any atom is -0.371 e. The van der Waals surface area contributed by atoms with Crippen LogP contribution in [0.25, 0.3) is 27.7 Å². The number of Topliss-reactive ketones (excluding diaryl/α,β-unsaturated/α-hetero) is 1. The Kier molecular flexibility index (Phi) is 3.94. The molecule has 0 radical (unpaired) electrons. The zero-order valence-corrected chi connectivity index (χ0v) is 16.9. The Morgan fingerprint density at radius 3 is 2.43 bits per heavy atom. The van der Waals surface area contributed by atoms with Gasteiger partial charge in [-0.3, -0.25) is 14.0 Å². The molecule has 1 aliphatic carbocycles. The van der Waals surface area contributed by atoms with Gasteiger partial charge in [0.2, 0.25) is 5.78 Å². The molecule has 1 aliphatic heterocycles. The van der Waals surface area contributed by atoms with Crippen LogP contribution in [0.15, 0.2) is 47.3 Å². The Balaban J connectivity index is 1.66. The lowest BCUT2D eigenvalue weighted by atomic mass is 10.1.